The van der Waals surface area contributed by atoms with Crippen LogP contribution in [0.1, 0.15) is 26.7 Å². The molecule has 0 aromatic carbocycles. The Labute approximate surface area is 68.7 Å². The van der Waals surface area contributed by atoms with Gasteiger partial charge < -0.3 is 0 Å². The van der Waals surface area contributed by atoms with Crippen LogP contribution in [0.3, 0.4) is 0 Å². The molecular weight excluding hydrogens is 132 g/mol. The highest BCUT2D eigenvalue weighted by atomic mass is 14.6. The Hall–Kier alpha value is -0.260. The van der Waals surface area contributed by atoms with Crippen LogP contribution in [0.2, 0.25) is 0 Å². The molecule has 3 rings (SSSR count). The Morgan fingerprint density at radius 2 is 1.91 bits per heavy atom. The Morgan fingerprint density at radius 1 is 1.18 bits per heavy atom. The van der Waals surface area contributed by atoms with Crippen molar-refractivity contribution < 1.29 is 0 Å². The van der Waals surface area contributed by atoms with Crippen LogP contribution in [0.5, 0.6) is 0 Å². The SMILES string of the molecule is CC1(C)CC2C3C=CC(C3)C21. The van der Waals surface area contributed by atoms with Gasteiger partial charge in [0.05, 0.1) is 0 Å². The summed E-state index contributed by atoms with van der Waals surface area (Å²) in [4.78, 5) is 0. The van der Waals surface area contributed by atoms with E-state index in [1.54, 1.807) is 0 Å². The van der Waals surface area contributed by atoms with Crippen molar-refractivity contribution >= 4 is 0 Å². The number of hydrogen-bond donors (Lipinski definition) is 0. The van der Waals surface area contributed by atoms with Crippen molar-refractivity contribution in [1.29, 1.82) is 0 Å². The smallest absolute Gasteiger partial charge is 0.0191 e. The first kappa shape index (κ1) is 6.28. The van der Waals surface area contributed by atoms with Crippen LogP contribution < -0.4 is 0 Å². The molecule has 3 aliphatic rings. The van der Waals surface area contributed by atoms with E-state index in [9.17, 15) is 0 Å². The van der Waals surface area contributed by atoms with Gasteiger partial charge >= 0.3 is 0 Å². The summed E-state index contributed by atoms with van der Waals surface area (Å²) < 4.78 is 0. The van der Waals surface area contributed by atoms with Crippen LogP contribution >= 0.6 is 0 Å². The molecule has 2 fully saturated rings. The lowest BCUT2D eigenvalue weighted by Gasteiger charge is -2.52. The minimum Gasteiger partial charge on any atom is -0.0848 e. The Bertz CT molecular complexity index is 224. The fourth-order valence-electron chi connectivity index (χ4n) is 3.94. The van der Waals surface area contributed by atoms with Crippen LogP contribution in [-0.2, 0) is 0 Å². The maximum Gasteiger partial charge on any atom is -0.0191 e. The van der Waals surface area contributed by atoms with E-state index in [2.05, 4.69) is 26.0 Å². The number of rotatable bonds is 0. The lowest BCUT2D eigenvalue weighted by molar-refractivity contribution is -0.0186. The minimum atomic E-state index is 0.675. The van der Waals surface area contributed by atoms with Crippen molar-refractivity contribution in [3.05, 3.63) is 12.2 Å². The third-order valence-electron chi connectivity index (χ3n) is 4.29. The van der Waals surface area contributed by atoms with Gasteiger partial charge in [0.1, 0.15) is 0 Å². The van der Waals surface area contributed by atoms with E-state index in [0.29, 0.717) is 5.41 Å². The van der Waals surface area contributed by atoms with Gasteiger partial charge in [0.15, 0.2) is 0 Å². The van der Waals surface area contributed by atoms with Crippen molar-refractivity contribution in [2.45, 2.75) is 26.7 Å². The van der Waals surface area contributed by atoms with Gasteiger partial charge in [-0.15, -0.1) is 0 Å². The third-order valence-corrected chi connectivity index (χ3v) is 4.29. The zero-order valence-corrected chi connectivity index (χ0v) is 7.38. The first-order valence-electron chi connectivity index (χ1n) is 4.87. The molecule has 0 aromatic heterocycles. The summed E-state index contributed by atoms with van der Waals surface area (Å²) in [5, 5.41) is 0. The lowest BCUT2D eigenvalue weighted by Crippen LogP contribution is -2.45. The Balaban J connectivity index is 1.97. The summed E-state index contributed by atoms with van der Waals surface area (Å²) in [7, 11) is 0. The summed E-state index contributed by atoms with van der Waals surface area (Å²) in [5.74, 6) is 4.09. The molecule has 0 nitrogen and oxygen atoms in total. The molecule has 0 heterocycles. The zero-order chi connectivity index (χ0) is 7.64. The Morgan fingerprint density at radius 3 is 2.45 bits per heavy atom. The van der Waals surface area contributed by atoms with Gasteiger partial charge in [-0.2, -0.15) is 0 Å². The molecule has 0 aromatic rings. The van der Waals surface area contributed by atoms with Crippen LogP contribution in [0.25, 0.3) is 0 Å². The second kappa shape index (κ2) is 1.57. The summed E-state index contributed by atoms with van der Waals surface area (Å²) in [6.45, 7) is 4.89. The van der Waals surface area contributed by atoms with Crippen LogP contribution in [-0.4, -0.2) is 0 Å². The molecule has 0 aliphatic heterocycles. The van der Waals surface area contributed by atoms with E-state index in [1.807, 2.05) is 0 Å². The standard InChI is InChI=1S/C11H16/c1-11(2)6-9-7-3-4-8(5-7)10(9)11/h3-4,7-10H,5-6H2,1-2H3. The molecule has 60 valence electrons. The fraction of sp³-hybridized carbons (Fsp3) is 0.818. The van der Waals surface area contributed by atoms with Gasteiger partial charge in [-0.1, -0.05) is 26.0 Å². The predicted octanol–water partition coefficient (Wildman–Crippen LogP) is 2.85. The van der Waals surface area contributed by atoms with E-state index in [0.717, 1.165) is 23.7 Å². The summed E-state index contributed by atoms with van der Waals surface area (Å²) in [5.41, 5.74) is 0.675. The van der Waals surface area contributed by atoms with Crippen LogP contribution in [0.15, 0.2) is 12.2 Å². The molecule has 2 bridgehead atoms. The monoisotopic (exact) mass is 148 g/mol. The molecule has 4 unspecified atom stereocenters. The lowest BCUT2D eigenvalue weighted by atomic mass is 9.52. The molecular formula is C11H16. The quantitative estimate of drug-likeness (QED) is 0.463. The predicted molar refractivity (Wildman–Crippen MR) is 46.1 cm³/mol. The van der Waals surface area contributed by atoms with Gasteiger partial charge in [-0.25, -0.2) is 0 Å². The summed E-state index contributed by atoms with van der Waals surface area (Å²) in [6.07, 6.45) is 7.93. The van der Waals surface area contributed by atoms with Crippen LogP contribution in [0, 0.1) is 29.1 Å². The summed E-state index contributed by atoms with van der Waals surface area (Å²) >= 11 is 0. The number of fused-ring (bicyclic) bond motifs is 5. The van der Waals surface area contributed by atoms with Crippen molar-refractivity contribution in [3.63, 3.8) is 0 Å². The van der Waals surface area contributed by atoms with E-state index in [-0.39, 0.29) is 0 Å². The second-order valence-corrected chi connectivity index (χ2v) is 5.33. The van der Waals surface area contributed by atoms with Crippen molar-refractivity contribution in [3.8, 4) is 0 Å². The highest BCUT2D eigenvalue weighted by Gasteiger charge is 2.58. The molecule has 0 saturated heterocycles. The fourth-order valence-corrected chi connectivity index (χ4v) is 3.94. The first-order chi connectivity index (χ1) is 5.18. The largest absolute Gasteiger partial charge is 0.0848 e. The van der Waals surface area contributed by atoms with Crippen molar-refractivity contribution in [2.75, 3.05) is 0 Å². The average Bonchev–Trinajstić information content (AvgIpc) is 2.41. The van der Waals surface area contributed by atoms with Gasteiger partial charge in [0.2, 0.25) is 0 Å². The molecule has 0 N–H and O–H groups in total. The topological polar surface area (TPSA) is 0 Å². The minimum absolute atomic E-state index is 0.675. The van der Waals surface area contributed by atoms with E-state index in [1.165, 1.54) is 12.8 Å². The molecule has 0 amide bonds. The van der Waals surface area contributed by atoms with E-state index < -0.39 is 0 Å². The van der Waals surface area contributed by atoms with Gasteiger partial charge in [-0.3, -0.25) is 0 Å². The maximum absolute atomic E-state index is 2.48. The van der Waals surface area contributed by atoms with Gasteiger partial charge in [0.25, 0.3) is 0 Å². The van der Waals surface area contributed by atoms with E-state index >= 15 is 0 Å². The molecule has 11 heavy (non-hydrogen) atoms. The van der Waals surface area contributed by atoms with Crippen molar-refractivity contribution in [1.82, 2.24) is 0 Å². The van der Waals surface area contributed by atoms with E-state index in [4.69, 9.17) is 0 Å². The van der Waals surface area contributed by atoms with Gasteiger partial charge in [-0.05, 0) is 41.9 Å². The summed E-state index contributed by atoms with van der Waals surface area (Å²) in [6, 6.07) is 0. The maximum atomic E-state index is 2.48. The van der Waals surface area contributed by atoms with Crippen molar-refractivity contribution in [2.24, 2.45) is 29.1 Å². The third kappa shape index (κ3) is 0.579. The second-order valence-electron chi connectivity index (χ2n) is 5.33. The molecule has 2 saturated carbocycles. The Kier molecular flexibility index (Phi) is 0.898. The molecule has 4 atom stereocenters. The average molecular weight is 148 g/mol. The first-order valence-corrected chi connectivity index (χ1v) is 4.87. The highest BCUT2D eigenvalue weighted by Crippen LogP contribution is 2.66. The molecule has 0 heteroatoms. The van der Waals surface area contributed by atoms with Gasteiger partial charge in [0, 0.05) is 0 Å². The number of allylic oxidation sites excluding steroid dienone is 2. The molecule has 3 aliphatic carbocycles. The molecule has 0 spiro atoms. The normalized spacial score (nSPS) is 55.8. The number of hydrogen-bond acceptors (Lipinski definition) is 0. The highest BCUT2D eigenvalue weighted by molar-refractivity contribution is 5.20. The zero-order valence-electron chi connectivity index (χ0n) is 7.38. The molecule has 0 radical (unpaired) electrons. The van der Waals surface area contributed by atoms with Crippen LogP contribution in [0.4, 0.5) is 0 Å².